The van der Waals surface area contributed by atoms with Crippen molar-refractivity contribution in [1.29, 1.82) is 0 Å². The highest BCUT2D eigenvalue weighted by Crippen LogP contribution is 2.23. The molecule has 0 heteroatoms. The lowest BCUT2D eigenvalue weighted by Crippen LogP contribution is -2.00. The molecule has 0 nitrogen and oxygen atoms in total. The fraction of sp³-hybridized carbons (Fsp3) is 0.600. The molecule has 0 fully saturated rings. The molecule has 0 rings (SSSR count). The standard InChI is InChI=1S/C15H26/c1-6-9-10-12-15(13(4)8-3)14(5)11-7-2/h7-8,12,14H,2,6,9-11H2,1,3-5H3. The Morgan fingerprint density at radius 1 is 1.40 bits per heavy atom. The van der Waals surface area contributed by atoms with Gasteiger partial charge in [-0.2, -0.15) is 0 Å². The van der Waals surface area contributed by atoms with E-state index in [1.54, 1.807) is 0 Å². The van der Waals surface area contributed by atoms with E-state index in [1.165, 1.54) is 30.4 Å². The van der Waals surface area contributed by atoms with E-state index in [2.05, 4.69) is 46.4 Å². The van der Waals surface area contributed by atoms with Crippen molar-refractivity contribution < 1.29 is 0 Å². The zero-order chi connectivity index (χ0) is 11.7. The molecule has 0 saturated heterocycles. The Kier molecular flexibility index (Phi) is 8.08. The van der Waals surface area contributed by atoms with E-state index in [1.807, 2.05) is 6.08 Å². The normalized spacial score (nSPS) is 15.2. The molecule has 0 aliphatic rings. The Bertz CT molecular complexity index is 230. The zero-order valence-corrected chi connectivity index (χ0v) is 10.8. The first kappa shape index (κ1) is 14.2. The van der Waals surface area contributed by atoms with Crippen molar-refractivity contribution >= 4 is 0 Å². The van der Waals surface area contributed by atoms with Crippen LogP contribution in [0.4, 0.5) is 0 Å². The van der Waals surface area contributed by atoms with Gasteiger partial charge < -0.3 is 0 Å². The molecule has 0 aromatic carbocycles. The lowest BCUT2D eigenvalue weighted by molar-refractivity contribution is 0.692. The van der Waals surface area contributed by atoms with Crippen LogP contribution in [0.2, 0.25) is 0 Å². The molecule has 0 aromatic rings. The van der Waals surface area contributed by atoms with E-state index in [0.717, 1.165) is 6.42 Å². The summed E-state index contributed by atoms with van der Waals surface area (Å²) in [6.07, 6.45) is 11.5. The van der Waals surface area contributed by atoms with Crippen LogP contribution < -0.4 is 0 Å². The summed E-state index contributed by atoms with van der Waals surface area (Å²) in [6, 6.07) is 0. The summed E-state index contributed by atoms with van der Waals surface area (Å²) in [4.78, 5) is 0. The van der Waals surface area contributed by atoms with Gasteiger partial charge in [-0.05, 0) is 38.2 Å². The van der Waals surface area contributed by atoms with Crippen LogP contribution in [0.25, 0.3) is 0 Å². The summed E-state index contributed by atoms with van der Waals surface area (Å²) in [7, 11) is 0. The minimum absolute atomic E-state index is 0.607. The fourth-order valence-electron chi connectivity index (χ4n) is 1.76. The summed E-state index contributed by atoms with van der Waals surface area (Å²) in [5.74, 6) is 0.607. The van der Waals surface area contributed by atoms with Gasteiger partial charge in [-0.25, -0.2) is 0 Å². The number of allylic oxidation sites excluding steroid dienone is 5. The summed E-state index contributed by atoms with van der Waals surface area (Å²) < 4.78 is 0. The number of unbranched alkanes of at least 4 members (excludes halogenated alkanes) is 2. The van der Waals surface area contributed by atoms with Gasteiger partial charge in [0.2, 0.25) is 0 Å². The molecule has 0 aliphatic carbocycles. The zero-order valence-electron chi connectivity index (χ0n) is 10.8. The van der Waals surface area contributed by atoms with Gasteiger partial charge in [-0.15, -0.1) is 6.58 Å². The molecule has 0 spiro atoms. The van der Waals surface area contributed by atoms with Crippen LogP contribution >= 0.6 is 0 Å². The predicted octanol–water partition coefficient (Wildman–Crippen LogP) is 5.28. The summed E-state index contributed by atoms with van der Waals surface area (Å²) in [5.41, 5.74) is 2.92. The van der Waals surface area contributed by atoms with Crippen LogP contribution in [-0.2, 0) is 0 Å². The molecule has 15 heavy (non-hydrogen) atoms. The third-order valence-electron chi connectivity index (χ3n) is 2.86. The third kappa shape index (κ3) is 5.61. The van der Waals surface area contributed by atoms with Gasteiger partial charge in [-0.3, -0.25) is 0 Å². The highest BCUT2D eigenvalue weighted by molar-refractivity contribution is 5.30. The maximum atomic E-state index is 3.82. The lowest BCUT2D eigenvalue weighted by atomic mass is 9.90. The first-order valence-corrected chi connectivity index (χ1v) is 6.11. The number of hydrogen-bond acceptors (Lipinski definition) is 0. The van der Waals surface area contributed by atoms with E-state index in [-0.39, 0.29) is 0 Å². The van der Waals surface area contributed by atoms with Crippen molar-refractivity contribution in [3.63, 3.8) is 0 Å². The second kappa shape index (κ2) is 8.52. The second-order valence-corrected chi connectivity index (χ2v) is 4.20. The van der Waals surface area contributed by atoms with Gasteiger partial charge in [0.05, 0.1) is 0 Å². The summed E-state index contributed by atoms with van der Waals surface area (Å²) in [6.45, 7) is 12.7. The molecule has 1 atom stereocenters. The van der Waals surface area contributed by atoms with Crippen molar-refractivity contribution in [2.24, 2.45) is 5.92 Å². The average molecular weight is 206 g/mol. The van der Waals surface area contributed by atoms with E-state index in [0.29, 0.717) is 5.92 Å². The molecule has 0 N–H and O–H groups in total. The first-order chi connectivity index (χ1) is 7.17. The molecule has 1 unspecified atom stereocenters. The minimum Gasteiger partial charge on any atom is -0.103 e. The molecular formula is C15H26. The Morgan fingerprint density at radius 3 is 2.53 bits per heavy atom. The van der Waals surface area contributed by atoms with E-state index >= 15 is 0 Å². The maximum Gasteiger partial charge on any atom is -0.0157 e. The van der Waals surface area contributed by atoms with Crippen molar-refractivity contribution in [3.8, 4) is 0 Å². The van der Waals surface area contributed by atoms with Gasteiger partial charge in [-0.1, -0.05) is 50.5 Å². The largest absolute Gasteiger partial charge is 0.103 e. The summed E-state index contributed by atoms with van der Waals surface area (Å²) in [5, 5.41) is 0. The molecule has 86 valence electrons. The lowest BCUT2D eigenvalue weighted by Gasteiger charge is -2.15. The minimum atomic E-state index is 0.607. The Hall–Kier alpha value is -0.780. The van der Waals surface area contributed by atoms with Crippen LogP contribution in [0.15, 0.2) is 36.0 Å². The molecule has 0 heterocycles. The van der Waals surface area contributed by atoms with Gasteiger partial charge in [0.15, 0.2) is 0 Å². The van der Waals surface area contributed by atoms with Gasteiger partial charge in [0.1, 0.15) is 0 Å². The molecule has 0 aliphatic heterocycles. The van der Waals surface area contributed by atoms with Crippen molar-refractivity contribution in [1.82, 2.24) is 0 Å². The van der Waals surface area contributed by atoms with Crippen LogP contribution in [-0.4, -0.2) is 0 Å². The van der Waals surface area contributed by atoms with Crippen molar-refractivity contribution in [3.05, 3.63) is 36.0 Å². The van der Waals surface area contributed by atoms with Gasteiger partial charge in [0.25, 0.3) is 0 Å². The van der Waals surface area contributed by atoms with Crippen molar-refractivity contribution in [2.45, 2.75) is 53.4 Å². The molecule has 0 aromatic heterocycles. The average Bonchev–Trinajstić information content (AvgIpc) is 2.23. The fourth-order valence-corrected chi connectivity index (χ4v) is 1.76. The van der Waals surface area contributed by atoms with Gasteiger partial charge >= 0.3 is 0 Å². The van der Waals surface area contributed by atoms with Gasteiger partial charge in [0, 0.05) is 0 Å². The molecule has 0 amide bonds. The Morgan fingerprint density at radius 2 is 2.07 bits per heavy atom. The van der Waals surface area contributed by atoms with E-state index in [4.69, 9.17) is 0 Å². The topological polar surface area (TPSA) is 0 Å². The van der Waals surface area contributed by atoms with Crippen molar-refractivity contribution in [2.75, 3.05) is 0 Å². The van der Waals surface area contributed by atoms with Crippen LogP contribution in [0.3, 0.4) is 0 Å². The Balaban J connectivity index is 4.56. The smallest absolute Gasteiger partial charge is 0.0157 e. The van der Waals surface area contributed by atoms with E-state index in [9.17, 15) is 0 Å². The molecule has 0 radical (unpaired) electrons. The molecule has 0 bridgehead atoms. The van der Waals surface area contributed by atoms with E-state index < -0.39 is 0 Å². The third-order valence-corrected chi connectivity index (χ3v) is 2.86. The SMILES string of the molecule is C=CCC(C)C(=CCCCC)C(C)=CC. The Labute approximate surface area is 95.8 Å². The maximum absolute atomic E-state index is 3.82. The highest BCUT2D eigenvalue weighted by atomic mass is 14.1. The summed E-state index contributed by atoms with van der Waals surface area (Å²) >= 11 is 0. The highest BCUT2D eigenvalue weighted by Gasteiger charge is 2.07. The van der Waals surface area contributed by atoms with Crippen LogP contribution in [0.5, 0.6) is 0 Å². The quantitative estimate of drug-likeness (QED) is 0.302. The molecular weight excluding hydrogens is 180 g/mol. The monoisotopic (exact) mass is 206 g/mol. The predicted molar refractivity (Wildman–Crippen MR) is 71.0 cm³/mol. The van der Waals surface area contributed by atoms with Crippen LogP contribution in [0.1, 0.15) is 53.4 Å². The molecule has 0 saturated carbocycles. The number of hydrogen-bond donors (Lipinski definition) is 0. The first-order valence-electron chi connectivity index (χ1n) is 6.11. The van der Waals surface area contributed by atoms with Crippen LogP contribution in [0, 0.1) is 5.92 Å². The second-order valence-electron chi connectivity index (χ2n) is 4.20. The number of rotatable bonds is 7.